The molecule has 0 unspecified atom stereocenters. The van der Waals surface area contributed by atoms with Gasteiger partial charge in [-0.25, -0.2) is 9.78 Å². The Labute approximate surface area is 726 Å². The second-order valence-electron chi connectivity index (χ2n) is 31.1. The second kappa shape index (κ2) is 56.0. The van der Waals surface area contributed by atoms with Gasteiger partial charge in [-0.05, 0) is 139 Å². The molecule has 0 fully saturated rings. The molecule has 0 aliphatic heterocycles. The van der Waals surface area contributed by atoms with Crippen molar-refractivity contribution in [3.63, 3.8) is 0 Å². The largest absolute Gasteiger partial charge is 0.480 e. The van der Waals surface area contributed by atoms with Crippen LogP contribution in [-0.4, -0.2) is 244 Å². The predicted molar refractivity (Wildman–Crippen MR) is 462 cm³/mol. The van der Waals surface area contributed by atoms with E-state index in [4.69, 9.17) is 39.8 Å². The number of guanidine groups is 1. The first kappa shape index (κ1) is 106. The minimum Gasteiger partial charge on any atom is -0.480 e. The highest BCUT2D eigenvalue weighted by Gasteiger charge is 2.40. The number of thioether (sulfide) groups is 1. The van der Waals surface area contributed by atoms with Crippen LogP contribution in [0.25, 0.3) is 0 Å². The molecule has 43 heteroatoms. The monoisotopic (exact) mass is 1760 g/mol. The number of H-pyrrole nitrogens is 1. The van der Waals surface area contributed by atoms with Crippen LogP contribution in [0.4, 0.5) is 0 Å². The standard InChI is InChI=1S/C81H130N24O18S/c1-11-45(6)65(105-76(118)58(38-50-25-16-13-17-26-50)101-78(120)64(44(4)5)104-68(110)48(9)93-69(111)55(32-36-124-10)96-72(114)54(30-31-61(85)106)97-77(119)63(43(2)3)103-67(109)47(8)92-66(108)46(7)84)79(121)102-59(39-51-41-89-42-91-51)74(116)100-60(40-62(86)107)75(117)99-57(37-49-23-14-12-15-24-49)73(115)95-52(27-18-20-33-82)70(112)94-53(29-22-35-90-81(87)88)71(113)98-56(80(122)123)28-19-21-34-83/h12-17,23-26,41-48,52-60,63-65H,11,18-22,27-40,82-84H2,1-10H3,(H2,85,106)(H2,86,107)(H,89,91)(H,92,108)(H,93,111)(H,94,112)(H,95,115)(H,96,114)(H,97,119)(H,98,113)(H,99,117)(H,100,116)(H,101,120)(H,102,121)(H,103,109)(H,104,110)(H,105,118)(H,122,123)(H4,87,88,90)/t45-,46-,47-,48-,52-,53-,54-,55-,56-,57-,58-,59-,60-,63-,64-,65-/m0/s1. The zero-order valence-corrected chi connectivity index (χ0v) is 73.0. The van der Waals surface area contributed by atoms with Crippen LogP contribution in [0.1, 0.15) is 163 Å². The van der Waals surface area contributed by atoms with Gasteiger partial charge in [0, 0.05) is 44.1 Å². The number of imidazole rings is 1. The molecular weight excluding hydrogens is 1630 g/mol. The third-order valence-corrected chi connectivity index (χ3v) is 20.6. The molecule has 42 nitrogen and oxygen atoms in total. The summed E-state index contributed by atoms with van der Waals surface area (Å²) < 4.78 is 0. The summed E-state index contributed by atoms with van der Waals surface area (Å²) in [6, 6.07) is -4.63. The Bertz CT molecular complexity index is 4020. The molecule has 3 rings (SSSR count). The van der Waals surface area contributed by atoms with Crippen molar-refractivity contribution in [2.45, 2.75) is 256 Å². The minimum atomic E-state index is -1.88. The lowest BCUT2D eigenvalue weighted by Crippen LogP contribution is -2.62. The maximum Gasteiger partial charge on any atom is 0.326 e. The summed E-state index contributed by atoms with van der Waals surface area (Å²) in [4.78, 5) is 244. The van der Waals surface area contributed by atoms with Crippen LogP contribution in [0.15, 0.2) is 73.2 Å². The van der Waals surface area contributed by atoms with E-state index >= 15 is 4.79 Å². The number of carboxylic acid groups (broad SMARTS) is 1. The van der Waals surface area contributed by atoms with E-state index in [9.17, 15) is 81.8 Å². The Kier molecular flexibility index (Phi) is 48.0. The van der Waals surface area contributed by atoms with Crippen LogP contribution in [-0.2, 0) is 101 Å². The van der Waals surface area contributed by atoms with E-state index in [2.05, 4.69) is 89.7 Å². The lowest BCUT2D eigenvalue weighted by Gasteiger charge is -2.30. The average Bonchev–Trinajstić information content (AvgIpc) is 1.03. The van der Waals surface area contributed by atoms with Gasteiger partial charge in [0.1, 0.15) is 84.6 Å². The number of aliphatic carboxylic acids is 1. The summed E-state index contributed by atoms with van der Waals surface area (Å²) in [5.74, 6) is -18.0. The summed E-state index contributed by atoms with van der Waals surface area (Å²) in [5.41, 5.74) is 35.0. The van der Waals surface area contributed by atoms with Crippen LogP contribution in [0.5, 0.6) is 0 Å². The van der Waals surface area contributed by atoms with Gasteiger partial charge >= 0.3 is 5.97 Å². The number of hydrogen-bond donors (Lipinski definition) is 24. The molecule has 1 heterocycles. The lowest BCUT2D eigenvalue weighted by atomic mass is 9.96. The van der Waals surface area contributed by atoms with Crippen molar-refractivity contribution >= 4 is 118 Å². The van der Waals surface area contributed by atoms with Crippen molar-refractivity contribution < 1.29 is 86.6 Å². The van der Waals surface area contributed by atoms with Crippen molar-refractivity contribution in [3.8, 4) is 0 Å². The number of aromatic nitrogens is 2. The topological polar surface area (TPSA) is 700 Å². The number of amides is 16. The van der Waals surface area contributed by atoms with Gasteiger partial charge in [-0.15, -0.1) is 0 Å². The summed E-state index contributed by atoms with van der Waals surface area (Å²) in [7, 11) is 0. The Morgan fingerprint density at radius 3 is 1.22 bits per heavy atom. The first-order valence-corrected chi connectivity index (χ1v) is 42.9. The molecule has 0 saturated carbocycles. The summed E-state index contributed by atoms with van der Waals surface area (Å²) >= 11 is 1.31. The molecular formula is C81H130N24O18S. The Balaban J connectivity index is 1.99. The van der Waals surface area contributed by atoms with E-state index in [1.807, 2.05) is 0 Å². The van der Waals surface area contributed by atoms with Gasteiger partial charge in [-0.3, -0.25) is 82.1 Å². The number of unbranched alkanes of at least 4 members (excludes halogenated alkanes) is 2. The maximum atomic E-state index is 15.0. The highest BCUT2D eigenvalue weighted by Crippen LogP contribution is 2.17. The van der Waals surface area contributed by atoms with E-state index in [0.717, 1.165) is 0 Å². The van der Waals surface area contributed by atoms with E-state index in [1.54, 1.807) is 108 Å². The third kappa shape index (κ3) is 39.1. The fourth-order valence-electron chi connectivity index (χ4n) is 12.5. The molecule has 16 atom stereocenters. The number of nitrogens with one attached hydrogen (secondary N) is 17. The van der Waals surface area contributed by atoms with Crippen molar-refractivity contribution in [2.24, 2.45) is 52.2 Å². The quantitative estimate of drug-likeness (QED) is 0.0144. The zero-order valence-electron chi connectivity index (χ0n) is 72.2. The van der Waals surface area contributed by atoms with Crippen LogP contribution >= 0.6 is 11.8 Å². The Morgan fingerprint density at radius 1 is 0.427 bits per heavy atom. The first-order valence-electron chi connectivity index (χ1n) is 41.5. The van der Waals surface area contributed by atoms with Gasteiger partial charge in [-0.2, -0.15) is 11.8 Å². The minimum absolute atomic E-state index is 0.0175. The molecule has 1 aromatic heterocycles. The predicted octanol–water partition coefficient (Wildman–Crippen LogP) is -4.53. The number of benzene rings is 2. The smallest absolute Gasteiger partial charge is 0.326 e. The number of nitrogens with zero attached hydrogens (tertiary/aromatic N) is 1. The molecule has 3 aromatic rings. The van der Waals surface area contributed by atoms with Crippen molar-refractivity contribution in [1.29, 1.82) is 5.41 Å². The van der Waals surface area contributed by atoms with Gasteiger partial charge in [0.25, 0.3) is 0 Å². The molecule has 0 aliphatic rings. The number of primary amides is 2. The number of carbonyl (C=O) groups excluding carboxylic acids is 16. The Hall–Kier alpha value is -11.9. The zero-order chi connectivity index (χ0) is 92.9. The molecule has 16 amide bonds. The normalized spacial score (nSPS) is 15.0. The van der Waals surface area contributed by atoms with Crippen molar-refractivity contribution in [2.75, 3.05) is 31.6 Å². The van der Waals surface area contributed by atoms with Gasteiger partial charge in [0.15, 0.2) is 5.96 Å². The van der Waals surface area contributed by atoms with Gasteiger partial charge < -0.3 is 124 Å². The highest BCUT2D eigenvalue weighted by molar-refractivity contribution is 7.98. The van der Waals surface area contributed by atoms with Crippen LogP contribution < -0.4 is 114 Å². The summed E-state index contributed by atoms with van der Waals surface area (Å²) in [6.45, 7) is 14.4. The van der Waals surface area contributed by atoms with Gasteiger partial charge in [-0.1, -0.05) is 109 Å². The van der Waals surface area contributed by atoms with Crippen molar-refractivity contribution in [3.05, 3.63) is 90.0 Å². The van der Waals surface area contributed by atoms with E-state index in [0.29, 0.717) is 30.4 Å². The number of hydrogen-bond acceptors (Lipinski definition) is 23. The lowest BCUT2D eigenvalue weighted by molar-refractivity contribution is -0.142. The second-order valence-corrected chi connectivity index (χ2v) is 32.1. The maximum absolute atomic E-state index is 15.0. The molecule has 0 aliphatic carbocycles. The fraction of sp³-hybridized carbons (Fsp3) is 0.593. The van der Waals surface area contributed by atoms with E-state index in [1.165, 1.54) is 45.1 Å². The fourth-order valence-corrected chi connectivity index (χ4v) is 13.0. The molecule has 0 spiro atoms. The third-order valence-electron chi connectivity index (χ3n) is 20.0. The van der Waals surface area contributed by atoms with E-state index < -0.39 is 222 Å². The van der Waals surface area contributed by atoms with E-state index in [-0.39, 0.29) is 108 Å². The first-order chi connectivity index (χ1) is 58.6. The van der Waals surface area contributed by atoms with Crippen molar-refractivity contribution in [1.82, 2.24) is 89.7 Å². The number of aromatic amines is 1. The summed E-state index contributed by atoms with van der Waals surface area (Å²) in [5, 5.41) is 56.6. The van der Waals surface area contributed by atoms with Gasteiger partial charge in [0.05, 0.1) is 18.8 Å². The highest BCUT2D eigenvalue weighted by atomic mass is 32.2. The number of nitrogens with two attached hydrogens (primary N) is 6. The Morgan fingerprint density at radius 2 is 0.798 bits per heavy atom. The molecule has 0 bridgehead atoms. The number of carboxylic acids is 1. The SMILES string of the molecule is CC[C@H](C)[C@H](NC(=O)[C@H](Cc1ccccc1)NC(=O)[C@@H](NC(=O)[C@H](C)NC(=O)[C@H](CCSC)NC(=O)[C@H](CCC(N)=O)NC(=O)[C@@H](NC(=O)[C@H](C)NC(=O)[C@H](C)N)C(C)C)C(C)C)C(=O)N[C@@H](Cc1cnc[nH]1)C(=O)N[C@@H](CC(N)=O)C(=O)N[C@@H](Cc1ccccc1)C(=O)N[C@@H](CCCCN)C(=O)N[C@@H](CCCNC(=N)N)C(=O)N[C@@H](CCCCN)C(=O)O. The molecule has 2 aromatic carbocycles. The van der Waals surface area contributed by atoms with Crippen LogP contribution in [0.2, 0.25) is 0 Å². The number of rotatable bonds is 59. The molecule has 0 saturated heterocycles. The average molecular weight is 1760 g/mol. The summed E-state index contributed by atoms with van der Waals surface area (Å²) in [6.07, 6.45) is 3.58. The molecule has 30 N–H and O–H groups in total. The van der Waals surface area contributed by atoms with Crippen LogP contribution in [0.3, 0.4) is 0 Å². The van der Waals surface area contributed by atoms with Crippen LogP contribution in [0, 0.1) is 23.2 Å². The van der Waals surface area contributed by atoms with Gasteiger partial charge in [0.2, 0.25) is 94.5 Å². The molecule has 688 valence electrons. The number of carbonyl (C=O) groups is 17. The molecule has 124 heavy (non-hydrogen) atoms. The molecule has 0 radical (unpaired) electrons.